The molecule has 1 aromatic rings. The summed E-state index contributed by atoms with van der Waals surface area (Å²) in [7, 11) is -3.46. The van der Waals surface area contributed by atoms with E-state index in [2.05, 4.69) is 0 Å². The Bertz CT molecular complexity index is 599. The van der Waals surface area contributed by atoms with Gasteiger partial charge in [0, 0.05) is 32.6 Å². The van der Waals surface area contributed by atoms with E-state index >= 15 is 0 Å². The fraction of sp³-hybridized carbons (Fsp3) is 0.562. The van der Waals surface area contributed by atoms with E-state index in [9.17, 15) is 13.2 Å². The fourth-order valence-corrected chi connectivity index (χ4v) is 4.09. The Morgan fingerprint density at radius 3 is 2.41 bits per heavy atom. The molecule has 0 aliphatic carbocycles. The number of benzene rings is 1. The molecule has 1 saturated heterocycles. The van der Waals surface area contributed by atoms with E-state index < -0.39 is 10.0 Å². The van der Waals surface area contributed by atoms with Gasteiger partial charge in [0.1, 0.15) is 0 Å². The van der Waals surface area contributed by atoms with Crippen molar-refractivity contribution in [2.45, 2.75) is 31.6 Å². The molecule has 1 heterocycles. The van der Waals surface area contributed by atoms with Gasteiger partial charge in [0.05, 0.1) is 4.90 Å². The highest BCUT2D eigenvalue weighted by Crippen LogP contribution is 2.18. The minimum Gasteiger partial charge on any atom is -0.341 e. The van der Waals surface area contributed by atoms with Crippen molar-refractivity contribution in [2.24, 2.45) is 5.92 Å². The minimum absolute atomic E-state index is 0.119. The minimum atomic E-state index is -3.46. The summed E-state index contributed by atoms with van der Waals surface area (Å²) < 4.78 is 26.7. The first-order valence-electron chi connectivity index (χ1n) is 7.74. The Balaban J connectivity index is 2.06. The molecule has 1 fully saturated rings. The van der Waals surface area contributed by atoms with Crippen molar-refractivity contribution in [3.63, 3.8) is 0 Å². The summed E-state index contributed by atoms with van der Waals surface area (Å²) >= 11 is 0. The molecule has 0 unspecified atom stereocenters. The van der Waals surface area contributed by atoms with Gasteiger partial charge in [-0.05, 0) is 24.5 Å². The van der Waals surface area contributed by atoms with Crippen LogP contribution < -0.4 is 0 Å². The molecule has 5 nitrogen and oxygen atoms in total. The zero-order valence-corrected chi connectivity index (χ0v) is 14.1. The highest BCUT2D eigenvalue weighted by Gasteiger charge is 2.28. The standard InChI is InChI=1S/C16H24N2O3S/c1-14(2)13-16(19)17-9-6-10-18(12-11-17)22(20,21)15-7-4-3-5-8-15/h3-5,7-8,14H,6,9-13H2,1-2H3. The van der Waals surface area contributed by atoms with Crippen molar-refractivity contribution < 1.29 is 13.2 Å². The van der Waals surface area contributed by atoms with Crippen molar-refractivity contribution >= 4 is 15.9 Å². The van der Waals surface area contributed by atoms with Crippen LogP contribution >= 0.6 is 0 Å². The maximum Gasteiger partial charge on any atom is 0.243 e. The van der Waals surface area contributed by atoms with E-state index in [0.717, 1.165) is 0 Å². The van der Waals surface area contributed by atoms with Crippen molar-refractivity contribution in [2.75, 3.05) is 26.2 Å². The molecule has 0 radical (unpaired) electrons. The SMILES string of the molecule is CC(C)CC(=O)N1CCCN(S(=O)(=O)c2ccccc2)CC1. The van der Waals surface area contributed by atoms with E-state index in [1.54, 1.807) is 35.2 Å². The Morgan fingerprint density at radius 1 is 1.09 bits per heavy atom. The highest BCUT2D eigenvalue weighted by molar-refractivity contribution is 7.89. The van der Waals surface area contributed by atoms with Gasteiger partial charge >= 0.3 is 0 Å². The number of hydrogen-bond acceptors (Lipinski definition) is 3. The lowest BCUT2D eigenvalue weighted by Gasteiger charge is -2.22. The predicted octanol–water partition coefficient (Wildman–Crippen LogP) is 1.96. The van der Waals surface area contributed by atoms with Crippen molar-refractivity contribution in [3.05, 3.63) is 30.3 Å². The molecule has 0 aromatic heterocycles. The van der Waals surface area contributed by atoms with E-state index in [0.29, 0.717) is 49.8 Å². The van der Waals surface area contributed by atoms with Gasteiger partial charge in [0.2, 0.25) is 15.9 Å². The van der Waals surface area contributed by atoms with Crippen LogP contribution in [0, 0.1) is 5.92 Å². The average molecular weight is 324 g/mol. The molecule has 122 valence electrons. The third-order valence-electron chi connectivity index (χ3n) is 3.77. The quantitative estimate of drug-likeness (QED) is 0.850. The van der Waals surface area contributed by atoms with Gasteiger partial charge in [0.15, 0.2) is 0 Å². The molecule has 0 bridgehead atoms. The number of amides is 1. The largest absolute Gasteiger partial charge is 0.341 e. The van der Waals surface area contributed by atoms with Gasteiger partial charge in [-0.25, -0.2) is 8.42 Å². The van der Waals surface area contributed by atoms with E-state index in [-0.39, 0.29) is 5.91 Å². The van der Waals surface area contributed by atoms with E-state index in [1.807, 2.05) is 13.8 Å². The molecule has 1 amide bonds. The van der Waals surface area contributed by atoms with Crippen LogP contribution in [0.15, 0.2) is 35.2 Å². The zero-order chi connectivity index (χ0) is 16.2. The topological polar surface area (TPSA) is 57.7 Å². The summed E-state index contributed by atoms with van der Waals surface area (Å²) in [5.41, 5.74) is 0. The van der Waals surface area contributed by atoms with Gasteiger partial charge in [-0.15, -0.1) is 0 Å². The molecule has 6 heteroatoms. The molecule has 0 atom stereocenters. The molecular formula is C16H24N2O3S. The molecular weight excluding hydrogens is 300 g/mol. The first-order chi connectivity index (χ1) is 10.4. The summed E-state index contributed by atoms with van der Waals surface area (Å²) in [6.45, 7) is 5.96. The Kier molecular flexibility index (Phi) is 5.58. The molecule has 1 aromatic carbocycles. The third kappa shape index (κ3) is 4.08. The summed E-state index contributed by atoms with van der Waals surface area (Å²) in [4.78, 5) is 14.3. The molecule has 0 saturated carbocycles. The number of hydrogen-bond donors (Lipinski definition) is 0. The maximum atomic E-state index is 12.6. The second kappa shape index (κ2) is 7.24. The van der Waals surface area contributed by atoms with Gasteiger partial charge in [-0.3, -0.25) is 4.79 Å². The van der Waals surface area contributed by atoms with Crippen molar-refractivity contribution in [1.29, 1.82) is 0 Å². The van der Waals surface area contributed by atoms with Crippen LogP contribution in [0.3, 0.4) is 0 Å². The number of rotatable bonds is 4. The highest BCUT2D eigenvalue weighted by atomic mass is 32.2. The summed E-state index contributed by atoms with van der Waals surface area (Å²) in [6, 6.07) is 8.48. The lowest BCUT2D eigenvalue weighted by atomic mass is 10.1. The summed E-state index contributed by atoms with van der Waals surface area (Å²) in [6.07, 6.45) is 1.20. The number of nitrogens with zero attached hydrogens (tertiary/aromatic N) is 2. The van der Waals surface area contributed by atoms with E-state index in [1.165, 1.54) is 4.31 Å². The van der Waals surface area contributed by atoms with Crippen LogP contribution in [0.25, 0.3) is 0 Å². The second-order valence-electron chi connectivity index (χ2n) is 6.05. The van der Waals surface area contributed by atoms with Gasteiger partial charge in [0.25, 0.3) is 0 Å². The normalized spacial score (nSPS) is 17.5. The molecule has 0 spiro atoms. The lowest BCUT2D eigenvalue weighted by Crippen LogP contribution is -2.37. The summed E-state index contributed by atoms with van der Waals surface area (Å²) in [5.74, 6) is 0.439. The Labute approximate surface area is 133 Å². The van der Waals surface area contributed by atoms with Gasteiger partial charge in [-0.2, -0.15) is 4.31 Å². The first-order valence-corrected chi connectivity index (χ1v) is 9.18. The van der Waals surface area contributed by atoms with E-state index in [4.69, 9.17) is 0 Å². The molecule has 1 aliphatic rings. The first kappa shape index (κ1) is 17.0. The van der Waals surface area contributed by atoms with Crippen molar-refractivity contribution in [1.82, 2.24) is 9.21 Å². The zero-order valence-electron chi connectivity index (χ0n) is 13.2. The predicted molar refractivity (Wildman–Crippen MR) is 85.9 cm³/mol. The second-order valence-corrected chi connectivity index (χ2v) is 7.99. The molecule has 22 heavy (non-hydrogen) atoms. The van der Waals surface area contributed by atoms with Crippen LogP contribution in [-0.4, -0.2) is 49.7 Å². The van der Waals surface area contributed by atoms with Crippen LogP contribution in [0.1, 0.15) is 26.7 Å². The average Bonchev–Trinajstić information content (AvgIpc) is 2.74. The van der Waals surface area contributed by atoms with Crippen LogP contribution in [-0.2, 0) is 14.8 Å². The number of sulfonamides is 1. The molecule has 2 rings (SSSR count). The van der Waals surface area contributed by atoms with Gasteiger partial charge < -0.3 is 4.90 Å². The third-order valence-corrected chi connectivity index (χ3v) is 5.68. The van der Waals surface area contributed by atoms with Crippen LogP contribution in [0.5, 0.6) is 0 Å². The fourth-order valence-electron chi connectivity index (χ4n) is 2.60. The maximum absolute atomic E-state index is 12.6. The molecule has 0 N–H and O–H groups in total. The smallest absolute Gasteiger partial charge is 0.243 e. The van der Waals surface area contributed by atoms with Crippen LogP contribution in [0.4, 0.5) is 0 Å². The number of carbonyl (C=O) groups is 1. The Morgan fingerprint density at radius 2 is 1.77 bits per heavy atom. The lowest BCUT2D eigenvalue weighted by molar-refractivity contribution is -0.131. The summed E-state index contributed by atoms with van der Waals surface area (Å²) in [5, 5.41) is 0. The Hall–Kier alpha value is -1.40. The number of carbonyl (C=O) groups excluding carboxylic acids is 1. The van der Waals surface area contributed by atoms with Crippen LogP contribution in [0.2, 0.25) is 0 Å². The molecule has 1 aliphatic heterocycles. The van der Waals surface area contributed by atoms with Crippen molar-refractivity contribution in [3.8, 4) is 0 Å². The monoisotopic (exact) mass is 324 g/mol. The van der Waals surface area contributed by atoms with Gasteiger partial charge in [-0.1, -0.05) is 32.0 Å².